The Morgan fingerprint density at radius 2 is 2.50 bits per heavy atom. The Balaban J connectivity index is 2.73. The molecule has 0 fully saturated rings. The van der Waals surface area contributed by atoms with Gasteiger partial charge in [0.15, 0.2) is 0 Å². The number of cyclic esters (lactones) is 1. The van der Waals surface area contributed by atoms with Crippen molar-refractivity contribution in [1.82, 2.24) is 0 Å². The van der Waals surface area contributed by atoms with Gasteiger partial charge in [0.25, 0.3) is 0 Å². The highest BCUT2D eigenvalue weighted by atomic mass is 19.1. The van der Waals surface area contributed by atoms with Gasteiger partial charge < -0.3 is 9.84 Å². The van der Waals surface area contributed by atoms with Gasteiger partial charge in [-0.2, -0.15) is 4.39 Å². The van der Waals surface area contributed by atoms with Crippen LogP contribution in [-0.2, 0) is 9.53 Å². The van der Waals surface area contributed by atoms with Gasteiger partial charge in [0, 0.05) is 6.08 Å². The van der Waals surface area contributed by atoms with E-state index in [2.05, 4.69) is 4.74 Å². The first-order chi connectivity index (χ1) is 3.70. The van der Waals surface area contributed by atoms with E-state index in [1.165, 1.54) is 0 Å². The number of carbonyl (C=O) groups is 1. The van der Waals surface area contributed by atoms with Crippen LogP contribution in [0, 0.1) is 0 Å². The molecule has 3 nitrogen and oxygen atoms in total. The molecule has 1 aliphatic heterocycles. The van der Waals surface area contributed by atoms with Gasteiger partial charge in [-0.15, -0.1) is 0 Å². The summed E-state index contributed by atoms with van der Waals surface area (Å²) in [5.41, 5.74) is 0. The summed E-state index contributed by atoms with van der Waals surface area (Å²) in [7, 11) is 0. The number of esters is 1. The highest BCUT2D eigenvalue weighted by Gasteiger charge is 2.22. The third-order valence-corrected chi connectivity index (χ3v) is 0.712. The SMILES string of the molecule is O=C1O[C@H](O)C=C1F. The number of carbonyl (C=O) groups excluding carboxylic acids is 1. The third-order valence-electron chi connectivity index (χ3n) is 0.712. The van der Waals surface area contributed by atoms with Crippen molar-refractivity contribution < 1.29 is 19.0 Å². The van der Waals surface area contributed by atoms with Crippen LogP contribution in [0.3, 0.4) is 0 Å². The maximum atomic E-state index is 11.8. The number of aliphatic hydroxyl groups excluding tert-OH is 1. The summed E-state index contributed by atoms with van der Waals surface area (Å²) in [6.07, 6.45) is -0.690. The fourth-order valence-electron chi connectivity index (χ4n) is 0.393. The van der Waals surface area contributed by atoms with Gasteiger partial charge in [0.1, 0.15) is 0 Å². The third kappa shape index (κ3) is 0.696. The Kier molecular flexibility index (Phi) is 1.02. The quantitative estimate of drug-likeness (QED) is 0.445. The average molecular weight is 118 g/mol. The largest absolute Gasteiger partial charge is 0.427 e. The molecule has 0 spiro atoms. The Morgan fingerprint density at radius 1 is 1.88 bits per heavy atom. The maximum absolute atomic E-state index is 11.8. The minimum absolute atomic E-state index is 0.697. The predicted octanol–water partition coefficient (Wildman–Crippen LogP) is -0.285. The molecule has 1 aliphatic rings. The van der Waals surface area contributed by atoms with E-state index in [1.54, 1.807) is 0 Å². The first kappa shape index (κ1) is 5.24. The molecule has 0 saturated heterocycles. The first-order valence-electron chi connectivity index (χ1n) is 1.96. The van der Waals surface area contributed by atoms with Crippen LogP contribution in [0.4, 0.5) is 4.39 Å². The molecule has 0 saturated carbocycles. The van der Waals surface area contributed by atoms with Gasteiger partial charge in [-0.25, -0.2) is 4.79 Å². The molecular weight excluding hydrogens is 115 g/mol. The van der Waals surface area contributed by atoms with Crippen molar-refractivity contribution in [3.8, 4) is 0 Å². The van der Waals surface area contributed by atoms with E-state index >= 15 is 0 Å². The van der Waals surface area contributed by atoms with Crippen molar-refractivity contribution in [2.75, 3.05) is 0 Å². The van der Waals surface area contributed by atoms with E-state index in [1.807, 2.05) is 0 Å². The van der Waals surface area contributed by atoms with Crippen molar-refractivity contribution in [2.24, 2.45) is 0 Å². The number of hydrogen-bond donors (Lipinski definition) is 1. The van der Waals surface area contributed by atoms with Gasteiger partial charge in [-0.05, 0) is 0 Å². The Hall–Kier alpha value is -0.900. The average Bonchev–Trinajstić information content (AvgIpc) is 1.85. The molecule has 44 valence electrons. The molecule has 4 heteroatoms. The maximum Gasteiger partial charge on any atom is 0.369 e. The summed E-state index contributed by atoms with van der Waals surface area (Å²) in [5.74, 6) is -2.13. The first-order valence-corrected chi connectivity index (χ1v) is 1.96. The lowest BCUT2D eigenvalue weighted by Gasteiger charge is -1.94. The van der Waals surface area contributed by atoms with Gasteiger partial charge >= 0.3 is 5.97 Å². The fraction of sp³-hybridized carbons (Fsp3) is 0.250. The van der Waals surface area contributed by atoms with E-state index in [0.717, 1.165) is 0 Å². The van der Waals surface area contributed by atoms with Crippen molar-refractivity contribution in [3.63, 3.8) is 0 Å². The minimum atomic E-state index is -1.39. The monoisotopic (exact) mass is 118 g/mol. The number of aliphatic hydroxyl groups is 1. The second kappa shape index (κ2) is 1.56. The molecular formula is C4H3FO3. The van der Waals surface area contributed by atoms with E-state index in [0.29, 0.717) is 6.08 Å². The lowest BCUT2D eigenvalue weighted by atomic mass is 10.5. The molecule has 1 atom stereocenters. The Labute approximate surface area is 44.4 Å². The van der Waals surface area contributed by atoms with E-state index in [4.69, 9.17) is 5.11 Å². The molecule has 8 heavy (non-hydrogen) atoms. The number of rotatable bonds is 0. The summed E-state index contributed by atoms with van der Waals surface area (Å²) >= 11 is 0. The molecule has 1 N–H and O–H groups in total. The topological polar surface area (TPSA) is 46.5 Å². The minimum Gasteiger partial charge on any atom is -0.427 e. The molecule has 0 aliphatic carbocycles. The molecule has 0 aromatic carbocycles. The summed E-state index contributed by atoms with van der Waals surface area (Å²) in [4.78, 5) is 9.96. The van der Waals surface area contributed by atoms with E-state index in [9.17, 15) is 9.18 Å². The highest BCUT2D eigenvalue weighted by molar-refractivity contribution is 5.88. The summed E-state index contributed by atoms with van der Waals surface area (Å²) < 4.78 is 15.7. The number of halogens is 1. The second-order valence-corrected chi connectivity index (χ2v) is 1.31. The van der Waals surface area contributed by atoms with Gasteiger partial charge in [0.2, 0.25) is 12.1 Å². The van der Waals surface area contributed by atoms with E-state index in [-0.39, 0.29) is 0 Å². The van der Waals surface area contributed by atoms with Crippen molar-refractivity contribution in [2.45, 2.75) is 6.29 Å². The smallest absolute Gasteiger partial charge is 0.369 e. The van der Waals surface area contributed by atoms with Crippen molar-refractivity contribution >= 4 is 5.97 Å². The zero-order valence-corrected chi connectivity index (χ0v) is 3.80. The number of ether oxygens (including phenoxy) is 1. The van der Waals surface area contributed by atoms with Crippen molar-refractivity contribution in [3.05, 3.63) is 11.9 Å². The normalized spacial score (nSPS) is 27.5. The molecule has 1 rings (SSSR count). The van der Waals surface area contributed by atoms with Crippen LogP contribution in [0.15, 0.2) is 11.9 Å². The fourth-order valence-corrected chi connectivity index (χ4v) is 0.393. The van der Waals surface area contributed by atoms with Gasteiger partial charge in [0.05, 0.1) is 0 Å². The van der Waals surface area contributed by atoms with Crippen LogP contribution in [-0.4, -0.2) is 17.4 Å². The molecule has 1 heterocycles. The van der Waals surface area contributed by atoms with E-state index < -0.39 is 18.1 Å². The highest BCUT2D eigenvalue weighted by Crippen LogP contribution is 2.11. The standard InChI is InChI=1S/C4H3FO3/c5-2-1-3(6)8-4(2)7/h1,3,6H/t3-/m0/s1. The summed E-state index contributed by atoms with van der Waals surface area (Å²) in [5, 5.41) is 8.31. The van der Waals surface area contributed by atoms with Gasteiger partial charge in [-0.1, -0.05) is 0 Å². The molecule has 0 radical (unpaired) electrons. The van der Waals surface area contributed by atoms with Gasteiger partial charge in [-0.3, -0.25) is 0 Å². The summed E-state index contributed by atoms with van der Waals surface area (Å²) in [6, 6.07) is 0. The zero-order valence-electron chi connectivity index (χ0n) is 3.80. The summed E-state index contributed by atoms with van der Waals surface area (Å²) in [6.45, 7) is 0. The molecule has 0 amide bonds. The predicted molar refractivity (Wildman–Crippen MR) is 21.3 cm³/mol. The number of hydrogen-bond acceptors (Lipinski definition) is 3. The molecule has 0 unspecified atom stereocenters. The van der Waals surface area contributed by atoms with Crippen LogP contribution in [0.2, 0.25) is 0 Å². The van der Waals surface area contributed by atoms with Crippen molar-refractivity contribution in [1.29, 1.82) is 0 Å². The molecule has 0 aromatic rings. The zero-order chi connectivity index (χ0) is 6.15. The lowest BCUT2D eigenvalue weighted by molar-refractivity contribution is -0.152. The lowest BCUT2D eigenvalue weighted by Crippen LogP contribution is -2.05. The van der Waals surface area contributed by atoms with Crippen LogP contribution >= 0.6 is 0 Å². The Morgan fingerprint density at radius 3 is 2.62 bits per heavy atom. The van der Waals surface area contributed by atoms with Crippen LogP contribution < -0.4 is 0 Å². The van der Waals surface area contributed by atoms with Crippen LogP contribution in [0.25, 0.3) is 0 Å². The van der Waals surface area contributed by atoms with Crippen LogP contribution in [0.5, 0.6) is 0 Å². The molecule has 0 bridgehead atoms. The Bertz CT molecular complexity index is 151. The van der Waals surface area contributed by atoms with Crippen LogP contribution in [0.1, 0.15) is 0 Å². The second-order valence-electron chi connectivity index (χ2n) is 1.31. The molecule has 0 aromatic heterocycles.